The average Bonchev–Trinajstić information content (AvgIpc) is 2.47. The summed E-state index contributed by atoms with van der Waals surface area (Å²) in [6.07, 6.45) is 3.63. The molecule has 16 heavy (non-hydrogen) atoms. The van der Waals surface area contributed by atoms with Gasteiger partial charge in [-0.1, -0.05) is 31.0 Å². The monoisotopic (exact) mass is 225 g/mol. The zero-order chi connectivity index (χ0) is 16.0. The molecule has 0 aliphatic rings. The van der Waals surface area contributed by atoms with Gasteiger partial charge in [-0.2, -0.15) is 0 Å². The molecule has 0 fully saturated rings. The highest BCUT2D eigenvalue weighted by Gasteiger charge is 2.02. The lowest BCUT2D eigenvalue weighted by atomic mass is 10.2. The number of carbonyl (C=O) groups excluding carboxylic acids is 1. The van der Waals surface area contributed by atoms with Crippen LogP contribution in [0.2, 0.25) is 0 Å². The molecule has 3 heteroatoms. The topological polar surface area (TPSA) is 55.1 Å². The first-order chi connectivity index (χ1) is 9.91. The minimum Gasteiger partial charge on any atom is -0.352 e. The van der Waals surface area contributed by atoms with E-state index < -0.39 is 36.1 Å². The van der Waals surface area contributed by atoms with Gasteiger partial charge in [0.05, 0.1) is 6.85 Å². The number of carbonyl (C=O) groups is 1. The van der Waals surface area contributed by atoms with Gasteiger partial charge in [-0.3, -0.25) is 4.79 Å². The Balaban J connectivity index is 2.71. The van der Waals surface area contributed by atoms with Crippen molar-refractivity contribution < 1.29 is 11.6 Å². The lowest BCUT2D eigenvalue weighted by molar-refractivity contribution is 0.0953. The summed E-state index contributed by atoms with van der Waals surface area (Å²) in [6, 6.07) is -2.43. The second kappa shape index (κ2) is 7.88. The van der Waals surface area contributed by atoms with Crippen molar-refractivity contribution in [3.05, 3.63) is 35.8 Å². The summed E-state index contributed by atoms with van der Waals surface area (Å²) in [6.45, 7) is 1.06. The Kier molecular flexibility index (Phi) is 3.48. The quantitative estimate of drug-likeness (QED) is 0.697. The molecule has 0 aliphatic carbocycles. The third-order valence-electron chi connectivity index (χ3n) is 2.14. The van der Waals surface area contributed by atoms with Crippen LogP contribution in [0.4, 0.5) is 0 Å². The molecule has 0 aliphatic heterocycles. The fourth-order valence-corrected chi connectivity index (χ4v) is 1.28. The lowest BCUT2D eigenvalue weighted by Gasteiger charge is -2.04. The van der Waals surface area contributed by atoms with E-state index in [-0.39, 0.29) is 5.56 Å². The van der Waals surface area contributed by atoms with Crippen molar-refractivity contribution >= 4 is 5.91 Å². The van der Waals surface area contributed by atoms with E-state index in [0.29, 0.717) is 13.1 Å². The zero-order valence-electron chi connectivity index (χ0n) is 14.2. The molecule has 3 nitrogen and oxygen atoms in total. The molecule has 0 spiro atoms. The Labute approximate surface area is 104 Å². The second-order valence-electron chi connectivity index (χ2n) is 3.46. The van der Waals surface area contributed by atoms with Crippen molar-refractivity contribution in [1.29, 1.82) is 0 Å². The van der Waals surface area contributed by atoms with E-state index in [9.17, 15) is 4.79 Å². The predicted octanol–water partition coefficient (Wildman–Crippen LogP) is 1.94. The van der Waals surface area contributed by atoms with Gasteiger partial charge < -0.3 is 11.1 Å². The Morgan fingerprint density at radius 2 is 1.88 bits per heavy atom. The molecule has 0 unspecified atom stereocenters. The van der Waals surface area contributed by atoms with Crippen LogP contribution in [-0.2, 0) is 0 Å². The van der Waals surface area contributed by atoms with E-state index in [4.69, 9.17) is 12.6 Å². The number of hydrogen-bond donors (Lipinski definition) is 2. The number of hydrogen-bond acceptors (Lipinski definition) is 2. The zero-order valence-corrected chi connectivity index (χ0v) is 9.23. The summed E-state index contributed by atoms with van der Waals surface area (Å²) >= 11 is 0. The van der Waals surface area contributed by atoms with Crippen LogP contribution in [0.15, 0.2) is 30.2 Å². The summed E-state index contributed by atoms with van der Waals surface area (Å²) in [5, 5.41) is 2.59. The van der Waals surface area contributed by atoms with Gasteiger partial charge in [-0.25, -0.2) is 0 Å². The first-order valence-corrected chi connectivity index (χ1v) is 5.47. The number of amides is 1. The van der Waals surface area contributed by atoms with Gasteiger partial charge >= 0.3 is 0 Å². The first-order valence-electron chi connectivity index (χ1n) is 7.97. The third kappa shape index (κ3) is 4.94. The van der Waals surface area contributed by atoms with Crippen LogP contribution in [0.1, 0.15) is 42.9 Å². The Morgan fingerprint density at radius 3 is 2.56 bits per heavy atom. The predicted molar refractivity (Wildman–Crippen MR) is 66.3 cm³/mol. The summed E-state index contributed by atoms with van der Waals surface area (Å²) in [5.41, 5.74) is 5.08. The molecule has 1 amide bonds. The standard InChI is InChI=1S/C13H20N2O/c14-10-6-1-2-7-11-15-13(16)12-8-4-3-5-9-12/h3-5,8-9H,1-2,6-7,10-11,14H2,(H,15,16)/i3D,4D,5D,8D,9D. The number of nitrogens with two attached hydrogens (primary N) is 1. The van der Waals surface area contributed by atoms with E-state index in [1.165, 1.54) is 0 Å². The van der Waals surface area contributed by atoms with E-state index in [1.807, 2.05) is 0 Å². The van der Waals surface area contributed by atoms with E-state index in [1.54, 1.807) is 0 Å². The molecule has 3 N–H and O–H groups in total. The maximum Gasteiger partial charge on any atom is 0.251 e. The van der Waals surface area contributed by atoms with Crippen LogP contribution in [-0.4, -0.2) is 19.0 Å². The summed E-state index contributed by atoms with van der Waals surface area (Å²) in [4.78, 5) is 12.0. The summed E-state index contributed by atoms with van der Waals surface area (Å²) < 4.78 is 37.9. The molecular weight excluding hydrogens is 200 g/mol. The minimum absolute atomic E-state index is 0.303. The number of nitrogens with one attached hydrogen (secondary N) is 1. The van der Waals surface area contributed by atoms with Gasteiger partial charge in [-0.15, -0.1) is 0 Å². The molecule has 0 saturated heterocycles. The average molecular weight is 225 g/mol. The van der Waals surface area contributed by atoms with Crippen molar-refractivity contribution in [2.45, 2.75) is 25.7 Å². The summed E-state index contributed by atoms with van der Waals surface area (Å²) in [7, 11) is 0. The van der Waals surface area contributed by atoms with Gasteiger partial charge in [0.2, 0.25) is 0 Å². The molecule has 88 valence electrons. The molecule has 0 aromatic heterocycles. The number of benzene rings is 1. The van der Waals surface area contributed by atoms with Gasteiger partial charge in [-0.05, 0) is 31.5 Å². The SMILES string of the molecule is [2H]c1c([2H])c([2H])c(C(=O)NCCCCCCN)c([2H])c1[2H]. The van der Waals surface area contributed by atoms with Crippen molar-refractivity contribution in [3.63, 3.8) is 0 Å². The van der Waals surface area contributed by atoms with Crippen molar-refractivity contribution in [1.82, 2.24) is 5.32 Å². The van der Waals surface area contributed by atoms with E-state index in [2.05, 4.69) is 5.32 Å². The molecule has 0 atom stereocenters. The molecule has 1 aromatic carbocycles. The Bertz CT molecular complexity index is 493. The van der Waals surface area contributed by atoms with Crippen LogP contribution in [0.25, 0.3) is 0 Å². The molecule has 1 aromatic rings. The normalized spacial score (nSPS) is 14.4. The van der Waals surface area contributed by atoms with Gasteiger partial charge in [0.25, 0.3) is 5.91 Å². The number of rotatable bonds is 7. The minimum atomic E-state index is -0.633. The maximum absolute atomic E-state index is 12.0. The molecule has 0 heterocycles. The first kappa shape index (κ1) is 7.07. The largest absolute Gasteiger partial charge is 0.352 e. The Morgan fingerprint density at radius 1 is 1.19 bits per heavy atom. The molecule has 1 rings (SSSR count). The van der Waals surface area contributed by atoms with Crippen LogP contribution in [0, 0.1) is 0 Å². The van der Waals surface area contributed by atoms with Crippen LogP contribution >= 0.6 is 0 Å². The van der Waals surface area contributed by atoms with Gasteiger partial charge in [0.1, 0.15) is 0 Å². The fraction of sp³-hybridized carbons (Fsp3) is 0.462. The fourth-order valence-electron chi connectivity index (χ4n) is 1.28. The van der Waals surface area contributed by atoms with E-state index in [0.717, 1.165) is 25.7 Å². The highest BCUT2D eigenvalue weighted by molar-refractivity contribution is 5.94. The second-order valence-corrected chi connectivity index (χ2v) is 3.46. The van der Waals surface area contributed by atoms with Gasteiger partial charge in [0.15, 0.2) is 0 Å². The molecular formula is C13H20N2O. The highest BCUT2D eigenvalue weighted by atomic mass is 16.1. The van der Waals surface area contributed by atoms with Crippen LogP contribution < -0.4 is 11.1 Å². The van der Waals surface area contributed by atoms with Crippen molar-refractivity contribution in [2.75, 3.05) is 13.1 Å². The van der Waals surface area contributed by atoms with Crippen molar-refractivity contribution in [2.24, 2.45) is 5.73 Å². The molecule has 0 saturated carbocycles. The molecule has 0 bridgehead atoms. The lowest BCUT2D eigenvalue weighted by Crippen LogP contribution is -2.24. The molecule has 0 radical (unpaired) electrons. The maximum atomic E-state index is 12.0. The number of unbranched alkanes of at least 4 members (excludes halogenated alkanes) is 3. The Hall–Kier alpha value is -1.35. The van der Waals surface area contributed by atoms with Gasteiger partial charge in [0, 0.05) is 12.1 Å². The highest BCUT2D eigenvalue weighted by Crippen LogP contribution is 2.00. The van der Waals surface area contributed by atoms with E-state index >= 15 is 0 Å². The van der Waals surface area contributed by atoms with Crippen LogP contribution in [0.5, 0.6) is 0 Å². The summed E-state index contributed by atoms with van der Waals surface area (Å²) in [5.74, 6) is -0.633. The third-order valence-corrected chi connectivity index (χ3v) is 2.14. The van der Waals surface area contributed by atoms with Crippen LogP contribution in [0.3, 0.4) is 0 Å². The van der Waals surface area contributed by atoms with Crippen molar-refractivity contribution in [3.8, 4) is 0 Å². The smallest absolute Gasteiger partial charge is 0.251 e.